The van der Waals surface area contributed by atoms with E-state index in [0.29, 0.717) is 6.42 Å². The van der Waals surface area contributed by atoms with Crippen LogP contribution in [0, 0.1) is 0 Å². The quantitative estimate of drug-likeness (QED) is 0.345. The molecule has 11 heavy (non-hydrogen) atoms. The van der Waals surface area contributed by atoms with Gasteiger partial charge >= 0.3 is 29.6 Å². The van der Waals surface area contributed by atoms with Crippen LogP contribution in [0.3, 0.4) is 0 Å². The maximum atomic E-state index is 9.93. The Kier molecular flexibility index (Phi) is 10.8. The molecule has 0 amide bonds. The van der Waals surface area contributed by atoms with Gasteiger partial charge in [-0.2, -0.15) is 0 Å². The predicted octanol–water partition coefficient (Wildman–Crippen LogP) is -3.32. The van der Waals surface area contributed by atoms with E-state index in [4.69, 9.17) is 5.11 Å². The van der Waals surface area contributed by atoms with Crippen LogP contribution in [-0.2, 0) is 4.79 Å². The van der Waals surface area contributed by atoms with Gasteiger partial charge in [0.15, 0.2) is 0 Å². The van der Waals surface area contributed by atoms with Crippen molar-refractivity contribution in [3.63, 3.8) is 0 Å². The number of carboxylic acid groups (broad SMARTS) is 1. The summed E-state index contributed by atoms with van der Waals surface area (Å²) in [5, 5.41) is 18.6. The van der Waals surface area contributed by atoms with Crippen LogP contribution < -0.4 is 34.7 Å². The first-order valence-electron chi connectivity index (χ1n) is 3.57. The van der Waals surface area contributed by atoms with E-state index in [-0.39, 0.29) is 29.6 Å². The first-order valence-corrected chi connectivity index (χ1v) is 3.57. The minimum absolute atomic E-state index is 0. The number of unbranched alkanes of at least 4 members (excludes halogenated alkanes) is 2. The summed E-state index contributed by atoms with van der Waals surface area (Å²) >= 11 is 0. The summed E-state index contributed by atoms with van der Waals surface area (Å²) in [5.41, 5.74) is 0. The molecule has 0 aliphatic carbocycles. The molecular formula is C7H13NaO3. The van der Waals surface area contributed by atoms with Crippen LogP contribution in [0.15, 0.2) is 0 Å². The number of carboxylic acids is 1. The van der Waals surface area contributed by atoms with Gasteiger partial charge in [-0.1, -0.05) is 26.2 Å². The monoisotopic (exact) mass is 168 g/mol. The van der Waals surface area contributed by atoms with E-state index in [0.717, 1.165) is 19.3 Å². The Bertz CT molecular complexity index is 106. The first kappa shape index (κ1) is 14.0. The van der Waals surface area contributed by atoms with Crippen LogP contribution in [-0.4, -0.2) is 17.2 Å². The van der Waals surface area contributed by atoms with Crippen LogP contribution >= 0.6 is 0 Å². The van der Waals surface area contributed by atoms with Crippen LogP contribution in [0.2, 0.25) is 0 Å². The molecule has 0 heterocycles. The maximum absolute atomic E-state index is 9.93. The van der Waals surface area contributed by atoms with Gasteiger partial charge in [-0.15, -0.1) is 0 Å². The molecule has 0 bridgehead atoms. The Balaban J connectivity index is 0. The van der Waals surface area contributed by atoms with Crippen molar-refractivity contribution in [3.05, 3.63) is 0 Å². The van der Waals surface area contributed by atoms with E-state index in [1.165, 1.54) is 0 Å². The molecule has 0 aliphatic heterocycles. The number of aliphatic hydroxyl groups is 1. The fourth-order valence-electron chi connectivity index (χ4n) is 0.706. The Labute approximate surface area is 89.1 Å². The SMILES string of the molecule is CCCCCC(O)C(=O)[O-].[Na+]. The second kappa shape index (κ2) is 8.53. The van der Waals surface area contributed by atoms with Crippen molar-refractivity contribution in [1.29, 1.82) is 0 Å². The van der Waals surface area contributed by atoms with Crippen molar-refractivity contribution in [2.45, 2.75) is 38.7 Å². The molecule has 1 atom stereocenters. The van der Waals surface area contributed by atoms with Gasteiger partial charge in [0.25, 0.3) is 0 Å². The fraction of sp³-hybridized carbons (Fsp3) is 0.857. The minimum atomic E-state index is -1.36. The van der Waals surface area contributed by atoms with Gasteiger partial charge in [0, 0.05) is 0 Å². The Morgan fingerprint density at radius 3 is 2.45 bits per heavy atom. The second-order valence-electron chi connectivity index (χ2n) is 2.33. The second-order valence-corrected chi connectivity index (χ2v) is 2.33. The number of aliphatic hydroxyl groups excluding tert-OH is 1. The standard InChI is InChI=1S/C7H14O3.Na/c1-2-3-4-5-6(8)7(9)10;/h6,8H,2-5H2,1H3,(H,9,10);/q;+1/p-1. The number of carbonyl (C=O) groups excluding carboxylic acids is 1. The zero-order valence-corrected chi connectivity index (χ0v) is 9.17. The molecule has 3 nitrogen and oxygen atoms in total. The summed E-state index contributed by atoms with van der Waals surface area (Å²) in [5.74, 6) is -1.36. The molecule has 0 aromatic carbocycles. The van der Waals surface area contributed by atoms with Gasteiger partial charge in [-0.05, 0) is 6.42 Å². The topological polar surface area (TPSA) is 60.4 Å². The summed E-state index contributed by atoms with van der Waals surface area (Å²) in [6.45, 7) is 2.02. The molecule has 4 heteroatoms. The predicted molar refractivity (Wildman–Crippen MR) is 35.2 cm³/mol. The number of carbonyl (C=O) groups is 1. The average molecular weight is 168 g/mol. The Morgan fingerprint density at radius 2 is 2.09 bits per heavy atom. The molecule has 0 saturated heterocycles. The third kappa shape index (κ3) is 8.34. The number of hydrogen-bond acceptors (Lipinski definition) is 3. The molecule has 1 unspecified atom stereocenters. The summed E-state index contributed by atoms with van der Waals surface area (Å²) in [4.78, 5) is 9.93. The molecule has 60 valence electrons. The van der Waals surface area contributed by atoms with Crippen molar-refractivity contribution < 1.29 is 44.6 Å². The van der Waals surface area contributed by atoms with Crippen LogP contribution in [0.5, 0.6) is 0 Å². The third-order valence-electron chi connectivity index (χ3n) is 1.35. The zero-order valence-electron chi connectivity index (χ0n) is 7.17. The van der Waals surface area contributed by atoms with Gasteiger partial charge in [0.1, 0.15) is 0 Å². The summed E-state index contributed by atoms with van der Waals surface area (Å²) < 4.78 is 0. The Morgan fingerprint density at radius 1 is 1.55 bits per heavy atom. The molecule has 0 rings (SSSR count). The first-order chi connectivity index (χ1) is 4.68. The number of aliphatic carboxylic acids is 1. The summed E-state index contributed by atoms with van der Waals surface area (Å²) in [7, 11) is 0. The average Bonchev–Trinajstić information content (AvgIpc) is 1.88. The third-order valence-corrected chi connectivity index (χ3v) is 1.35. The van der Waals surface area contributed by atoms with E-state index in [2.05, 4.69) is 0 Å². The van der Waals surface area contributed by atoms with E-state index in [9.17, 15) is 9.90 Å². The molecular weight excluding hydrogens is 155 g/mol. The molecule has 1 N–H and O–H groups in total. The van der Waals surface area contributed by atoms with Crippen LogP contribution in [0.1, 0.15) is 32.6 Å². The molecule has 0 aromatic rings. The van der Waals surface area contributed by atoms with E-state index < -0.39 is 12.1 Å². The van der Waals surface area contributed by atoms with Crippen molar-refractivity contribution in [2.24, 2.45) is 0 Å². The molecule has 0 fully saturated rings. The largest absolute Gasteiger partial charge is 1.00 e. The molecule has 0 aliphatic rings. The van der Waals surface area contributed by atoms with Crippen LogP contribution in [0.4, 0.5) is 0 Å². The van der Waals surface area contributed by atoms with E-state index in [1.54, 1.807) is 0 Å². The van der Waals surface area contributed by atoms with Crippen molar-refractivity contribution in [2.75, 3.05) is 0 Å². The molecule has 0 aromatic heterocycles. The van der Waals surface area contributed by atoms with E-state index in [1.807, 2.05) is 6.92 Å². The number of hydrogen-bond donors (Lipinski definition) is 1. The summed E-state index contributed by atoms with van der Waals surface area (Å²) in [6, 6.07) is 0. The van der Waals surface area contributed by atoms with Crippen molar-refractivity contribution in [1.82, 2.24) is 0 Å². The van der Waals surface area contributed by atoms with Gasteiger partial charge < -0.3 is 15.0 Å². The van der Waals surface area contributed by atoms with Gasteiger partial charge in [0.2, 0.25) is 0 Å². The van der Waals surface area contributed by atoms with E-state index >= 15 is 0 Å². The smallest absolute Gasteiger partial charge is 0.547 e. The zero-order chi connectivity index (χ0) is 7.98. The molecule has 0 saturated carbocycles. The van der Waals surface area contributed by atoms with Crippen molar-refractivity contribution >= 4 is 5.97 Å². The summed E-state index contributed by atoms with van der Waals surface area (Å²) in [6.07, 6.45) is 1.79. The van der Waals surface area contributed by atoms with Gasteiger partial charge in [0.05, 0.1) is 12.1 Å². The van der Waals surface area contributed by atoms with Crippen molar-refractivity contribution in [3.8, 4) is 0 Å². The van der Waals surface area contributed by atoms with Gasteiger partial charge in [-0.25, -0.2) is 0 Å². The molecule has 0 radical (unpaired) electrons. The normalized spacial score (nSPS) is 11.8. The van der Waals surface area contributed by atoms with Crippen LogP contribution in [0.25, 0.3) is 0 Å². The fourth-order valence-corrected chi connectivity index (χ4v) is 0.706. The molecule has 0 spiro atoms. The van der Waals surface area contributed by atoms with Gasteiger partial charge in [-0.3, -0.25) is 0 Å². The number of rotatable bonds is 5. The Hall–Kier alpha value is 0.430. The minimum Gasteiger partial charge on any atom is -0.547 e. The maximum Gasteiger partial charge on any atom is 1.00 e.